The van der Waals surface area contributed by atoms with E-state index in [2.05, 4.69) is 23.5 Å². The van der Waals surface area contributed by atoms with Crippen molar-refractivity contribution in [2.75, 3.05) is 19.0 Å². The van der Waals surface area contributed by atoms with E-state index in [4.69, 9.17) is 9.72 Å². The van der Waals surface area contributed by atoms with Crippen LogP contribution >= 0.6 is 0 Å². The second kappa shape index (κ2) is 11.0. The zero-order chi connectivity index (χ0) is 22.9. The van der Waals surface area contributed by atoms with E-state index in [-0.39, 0.29) is 5.82 Å². The van der Waals surface area contributed by atoms with Crippen LogP contribution in [0.5, 0.6) is 0 Å². The van der Waals surface area contributed by atoms with Crippen molar-refractivity contribution < 1.29 is 9.13 Å². The number of hydrogen-bond donors (Lipinski definition) is 1. The maximum Gasteiger partial charge on any atom is 0.141 e. The quantitative estimate of drug-likeness (QED) is 0.294. The number of benzene rings is 1. The molecular formula is C27H28FN3O. The molecule has 4 nitrogen and oxygen atoms in total. The van der Waals surface area contributed by atoms with E-state index >= 15 is 0 Å². The first kappa shape index (κ1) is 22.9. The first-order chi connectivity index (χ1) is 15.5. The van der Waals surface area contributed by atoms with Gasteiger partial charge in [0.1, 0.15) is 17.3 Å². The summed E-state index contributed by atoms with van der Waals surface area (Å²) < 4.78 is 20.4. The molecule has 0 bridgehead atoms. The number of pyridine rings is 2. The summed E-state index contributed by atoms with van der Waals surface area (Å²) in [4.78, 5) is 9.11. The van der Waals surface area contributed by atoms with Crippen LogP contribution in [0.25, 0.3) is 23.1 Å². The van der Waals surface area contributed by atoms with Crippen LogP contribution in [0, 0.1) is 5.82 Å². The number of anilines is 1. The van der Waals surface area contributed by atoms with Gasteiger partial charge in [-0.2, -0.15) is 0 Å². The van der Waals surface area contributed by atoms with Crippen molar-refractivity contribution in [1.82, 2.24) is 9.97 Å². The molecule has 0 radical (unpaired) electrons. The molecular weight excluding hydrogens is 401 g/mol. The van der Waals surface area contributed by atoms with Crippen molar-refractivity contribution in [1.29, 1.82) is 0 Å². The summed E-state index contributed by atoms with van der Waals surface area (Å²) in [5, 5.41) is 3.22. The molecule has 0 fully saturated rings. The van der Waals surface area contributed by atoms with Gasteiger partial charge in [-0.15, -0.1) is 6.58 Å². The highest BCUT2D eigenvalue weighted by molar-refractivity contribution is 5.80. The normalized spacial score (nSPS) is 11.2. The summed E-state index contributed by atoms with van der Waals surface area (Å²) in [7, 11) is 1.85. The molecule has 32 heavy (non-hydrogen) atoms. The Bertz CT molecular complexity index is 1120. The SMILES string of the molecule is C=Cc1c(NC)cc(-c2cccnc2)nc1/C(=C\Cc1ccccc1F)OCCC(=C)C. The minimum Gasteiger partial charge on any atom is -0.491 e. The Morgan fingerprint density at radius 3 is 2.69 bits per heavy atom. The molecule has 3 rings (SSSR count). The molecule has 1 N–H and O–H groups in total. The molecule has 0 saturated carbocycles. The number of ether oxygens (including phenoxy) is 1. The molecule has 164 valence electrons. The monoisotopic (exact) mass is 429 g/mol. The van der Waals surface area contributed by atoms with Crippen molar-refractivity contribution >= 4 is 17.5 Å². The number of hydrogen-bond acceptors (Lipinski definition) is 4. The van der Waals surface area contributed by atoms with Crippen LogP contribution in [0.15, 0.2) is 79.7 Å². The van der Waals surface area contributed by atoms with Crippen LogP contribution in [0.1, 0.15) is 30.2 Å². The van der Waals surface area contributed by atoms with Gasteiger partial charge in [-0.1, -0.05) is 36.4 Å². The molecule has 0 aliphatic heterocycles. The van der Waals surface area contributed by atoms with E-state index in [1.807, 2.05) is 44.3 Å². The third kappa shape index (κ3) is 5.70. The number of halogens is 1. The van der Waals surface area contributed by atoms with Crippen LogP contribution in [-0.4, -0.2) is 23.6 Å². The lowest BCUT2D eigenvalue weighted by Gasteiger charge is -2.17. The van der Waals surface area contributed by atoms with Gasteiger partial charge in [0.2, 0.25) is 0 Å². The van der Waals surface area contributed by atoms with E-state index in [9.17, 15) is 4.39 Å². The molecule has 0 amide bonds. The lowest BCUT2D eigenvalue weighted by Crippen LogP contribution is -2.05. The Hall–Kier alpha value is -3.73. The lowest BCUT2D eigenvalue weighted by atomic mass is 10.0. The van der Waals surface area contributed by atoms with Gasteiger partial charge in [-0.05, 0) is 49.2 Å². The van der Waals surface area contributed by atoms with Gasteiger partial charge in [-0.3, -0.25) is 4.98 Å². The Morgan fingerprint density at radius 1 is 1.22 bits per heavy atom. The molecule has 3 aromatic rings. The van der Waals surface area contributed by atoms with Crippen molar-refractivity contribution in [3.63, 3.8) is 0 Å². The van der Waals surface area contributed by atoms with Crippen molar-refractivity contribution in [3.8, 4) is 11.3 Å². The molecule has 2 aromatic heterocycles. The van der Waals surface area contributed by atoms with Gasteiger partial charge < -0.3 is 10.1 Å². The van der Waals surface area contributed by atoms with Crippen molar-refractivity contribution in [2.24, 2.45) is 0 Å². The molecule has 0 spiro atoms. The van der Waals surface area contributed by atoms with Crippen LogP contribution in [0.2, 0.25) is 0 Å². The minimum absolute atomic E-state index is 0.248. The highest BCUT2D eigenvalue weighted by Crippen LogP contribution is 2.31. The summed E-state index contributed by atoms with van der Waals surface area (Å²) in [6.07, 6.45) is 8.20. The van der Waals surface area contributed by atoms with E-state index in [1.54, 1.807) is 30.6 Å². The van der Waals surface area contributed by atoms with E-state index < -0.39 is 0 Å². The van der Waals surface area contributed by atoms with Crippen LogP contribution in [-0.2, 0) is 11.2 Å². The van der Waals surface area contributed by atoms with E-state index in [0.717, 1.165) is 28.1 Å². The van der Waals surface area contributed by atoms with Gasteiger partial charge in [-0.25, -0.2) is 9.37 Å². The van der Waals surface area contributed by atoms with Crippen molar-refractivity contribution in [3.05, 3.63) is 102 Å². The first-order valence-electron chi connectivity index (χ1n) is 10.5. The average molecular weight is 430 g/mol. The van der Waals surface area contributed by atoms with Gasteiger partial charge in [0, 0.05) is 42.7 Å². The summed E-state index contributed by atoms with van der Waals surface area (Å²) in [5.41, 5.74) is 5.57. The molecule has 1 aromatic carbocycles. The first-order valence-corrected chi connectivity index (χ1v) is 10.5. The van der Waals surface area contributed by atoms with Crippen molar-refractivity contribution in [2.45, 2.75) is 19.8 Å². The zero-order valence-electron chi connectivity index (χ0n) is 18.6. The Morgan fingerprint density at radius 2 is 2.03 bits per heavy atom. The largest absolute Gasteiger partial charge is 0.491 e. The molecule has 2 heterocycles. The summed E-state index contributed by atoms with van der Waals surface area (Å²) in [6, 6.07) is 12.5. The minimum atomic E-state index is -0.248. The number of nitrogens with zero attached hydrogens (tertiary/aromatic N) is 2. The predicted octanol–water partition coefficient (Wildman–Crippen LogP) is 6.53. The summed E-state index contributed by atoms with van der Waals surface area (Å²) in [5.74, 6) is 0.327. The number of allylic oxidation sites excluding steroid dienone is 1. The van der Waals surface area contributed by atoms with Crippen LogP contribution in [0.3, 0.4) is 0 Å². The fourth-order valence-corrected chi connectivity index (χ4v) is 3.24. The Balaban J connectivity index is 2.10. The number of nitrogens with one attached hydrogen (secondary N) is 1. The average Bonchev–Trinajstić information content (AvgIpc) is 2.81. The standard InChI is InChI=1S/C27H28FN3O/c1-5-22-25(29-4)17-24(21-10-8-15-30-18-21)31-27(22)26(32-16-14-19(2)3)13-12-20-9-6-7-11-23(20)28/h5-11,13,15,17-18H,1-2,12,14,16H2,3-4H3,(H,29,31)/b26-13+. The molecule has 0 aliphatic carbocycles. The predicted molar refractivity (Wildman–Crippen MR) is 131 cm³/mol. The summed E-state index contributed by atoms with van der Waals surface area (Å²) in [6.45, 7) is 10.3. The maximum absolute atomic E-state index is 14.2. The van der Waals surface area contributed by atoms with E-state index in [1.165, 1.54) is 6.07 Å². The highest BCUT2D eigenvalue weighted by Gasteiger charge is 2.16. The van der Waals surface area contributed by atoms with Gasteiger partial charge in [0.05, 0.1) is 12.3 Å². The van der Waals surface area contributed by atoms with Crippen LogP contribution in [0.4, 0.5) is 10.1 Å². The Kier molecular flexibility index (Phi) is 7.92. The highest BCUT2D eigenvalue weighted by atomic mass is 19.1. The van der Waals surface area contributed by atoms with E-state index in [0.29, 0.717) is 36.5 Å². The lowest BCUT2D eigenvalue weighted by molar-refractivity contribution is 0.279. The smallest absolute Gasteiger partial charge is 0.141 e. The molecule has 0 atom stereocenters. The molecule has 0 unspecified atom stereocenters. The second-order valence-corrected chi connectivity index (χ2v) is 7.43. The topological polar surface area (TPSA) is 47.0 Å². The third-order valence-electron chi connectivity index (χ3n) is 4.97. The fraction of sp³-hybridized carbons (Fsp3) is 0.185. The van der Waals surface area contributed by atoms with Gasteiger partial charge in [0.15, 0.2) is 0 Å². The number of rotatable bonds is 10. The Labute approximate surface area is 189 Å². The molecule has 0 aliphatic rings. The van der Waals surface area contributed by atoms with Crippen LogP contribution < -0.4 is 5.32 Å². The van der Waals surface area contributed by atoms with Gasteiger partial charge >= 0.3 is 0 Å². The maximum atomic E-state index is 14.2. The van der Waals surface area contributed by atoms with Gasteiger partial charge in [0.25, 0.3) is 0 Å². The zero-order valence-corrected chi connectivity index (χ0v) is 18.6. The summed E-state index contributed by atoms with van der Waals surface area (Å²) >= 11 is 0. The number of aromatic nitrogens is 2. The third-order valence-corrected chi connectivity index (χ3v) is 4.97. The molecule has 5 heteroatoms. The fourth-order valence-electron chi connectivity index (χ4n) is 3.24. The second-order valence-electron chi connectivity index (χ2n) is 7.43. The molecule has 0 saturated heterocycles.